The minimum Gasteiger partial charge on any atom is -0.338 e. The minimum absolute atomic E-state index is 0.362. The van der Waals surface area contributed by atoms with Crippen molar-refractivity contribution in [1.82, 2.24) is 24.5 Å². The average Bonchev–Trinajstić information content (AvgIpc) is 2.99. The number of likely N-dealkylation sites (N-methyl/N-ethyl adjacent to an activating group) is 1. The van der Waals surface area contributed by atoms with Gasteiger partial charge >= 0.3 is 6.18 Å². The van der Waals surface area contributed by atoms with Crippen molar-refractivity contribution in [1.29, 1.82) is 0 Å². The molecule has 9 heteroatoms. The summed E-state index contributed by atoms with van der Waals surface area (Å²) < 4.78 is 40.8. The lowest BCUT2D eigenvalue weighted by Gasteiger charge is -2.32. The number of aromatic nitrogens is 4. The Morgan fingerprint density at radius 2 is 1.79 bits per heavy atom. The summed E-state index contributed by atoms with van der Waals surface area (Å²) in [7, 11) is 2.04. The van der Waals surface area contributed by atoms with Gasteiger partial charge in [-0.2, -0.15) is 13.2 Å². The lowest BCUT2D eigenvalue weighted by atomic mass is 10.2. The van der Waals surface area contributed by atoms with Gasteiger partial charge in [0.15, 0.2) is 5.65 Å². The highest BCUT2D eigenvalue weighted by Gasteiger charge is 2.31. The van der Waals surface area contributed by atoms with E-state index in [-0.39, 0.29) is 0 Å². The van der Waals surface area contributed by atoms with Crippen molar-refractivity contribution in [3.8, 4) is 0 Å². The normalized spacial score (nSPS) is 17.1. The summed E-state index contributed by atoms with van der Waals surface area (Å²) in [5.74, 6) is 0.560. The quantitative estimate of drug-likeness (QED) is 0.681. The minimum atomic E-state index is -4.40. The van der Waals surface area contributed by atoms with Gasteiger partial charge in [0.05, 0.1) is 22.8 Å². The molecule has 1 aromatic carbocycles. The van der Waals surface area contributed by atoms with E-state index in [1.165, 1.54) is 12.3 Å². The zero-order valence-electron chi connectivity index (χ0n) is 13.0. The van der Waals surface area contributed by atoms with Crippen molar-refractivity contribution >= 4 is 22.6 Å². The van der Waals surface area contributed by atoms with Crippen LogP contribution in [0, 0.1) is 0 Å². The fourth-order valence-corrected chi connectivity index (χ4v) is 2.93. The number of fused-ring (bicyclic) bond motifs is 3. The van der Waals surface area contributed by atoms with Crippen LogP contribution in [-0.2, 0) is 6.18 Å². The number of benzene rings is 1. The van der Waals surface area contributed by atoms with Crippen LogP contribution < -0.4 is 4.90 Å². The molecule has 1 aliphatic heterocycles. The molecule has 0 atom stereocenters. The van der Waals surface area contributed by atoms with Crippen molar-refractivity contribution in [2.75, 3.05) is 38.1 Å². The predicted molar refractivity (Wildman–Crippen MR) is 83.0 cm³/mol. The van der Waals surface area contributed by atoms with E-state index in [0.717, 1.165) is 38.3 Å². The molecule has 4 rings (SSSR count). The zero-order valence-corrected chi connectivity index (χ0v) is 13.0. The largest absolute Gasteiger partial charge is 0.416 e. The van der Waals surface area contributed by atoms with E-state index in [2.05, 4.69) is 20.1 Å². The van der Waals surface area contributed by atoms with E-state index < -0.39 is 11.7 Å². The highest BCUT2D eigenvalue weighted by molar-refractivity contribution is 5.79. The third-order valence-electron chi connectivity index (χ3n) is 4.32. The van der Waals surface area contributed by atoms with Gasteiger partial charge in [-0.1, -0.05) is 0 Å². The van der Waals surface area contributed by atoms with Gasteiger partial charge < -0.3 is 9.80 Å². The first-order valence-electron chi connectivity index (χ1n) is 7.58. The van der Waals surface area contributed by atoms with Gasteiger partial charge in [0, 0.05) is 26.2 Å². The average molecular weight is 336 g/mol. The van der Waals surface area contributed by atoms with Gasteiger partial charge in [-0.15, -0.1) is 10.2 Å². The van der Waals surface area contributed by atoms with Crippen molar-refractivity contribution < 1.29 is 13.2 Å². The molecule has 6 nitrogen and oxygen atoms in total. The molecule has 0 unspecified atom stereocenters. The second kappa shape index (κ2) is 5.30. The van der Waals surface area contributed by atoms with Crippen LogP contribution in [-0.4, -0.2) is 57.7 Å². The van der Waals surface area contributed by atoms with E-state index in [4.69, 9.17) is 0 Å². The number of alkyl halides is 3. The molecular formula is C15H15F3N6. The van der Waals surface area contributed by atoms with Crippen LogP contribution in [0.1, 0.15) is 5.56 Å². The van der Waals surface area contributed by atoms with Crippen LogP contribution >= 0.6 is 0 Å². The molecule has 0 N–H and O–H groups in total. The number of piperazine rings is 1. The summed E-state index contributed by atoms with van der Waals surface area (Å²) in [6.45, 7) is 3.23. The number of rotatable bonds is 1. The summed E-state index contributed by atoms with van der Waals surface area (Å²) in [6.07, 6.45) is -2.87. The molecule has 1 fully saturated rings. The Morgan fingerprint density at radius 3 is 2.50 bits per heavy atom. The molecule has 3 heterocycles. The molecular weight excluding hydrogens is 321 g/mol. The number of anilines is 1. The molecule has 126 valence electrons. The topological polar surface area (TPSA) is 49.6 Å². The van der Waals surface area contributed by atoms with E-state index in [1.54, 1.807) is 4.40 Å². The summed E-state index contributed by atoms with van der Waals surface area (Å²) in [5, 5.41) is 8.25. The lowest BCUT2D eigenvalue weighted by molar-refractivity contribution is -0.137. The smallest absolute Gasteiger partial charge is 0.338 e. The first-order valence-corrected chi connectivity index (χ1v) is 7.58. The molecule has 24 heavy (non-hydrogen) atoms. The van der Waals surface area contributed by atoms with Gasteiger partial charge in [-0.25, -0.2) is 0 Å². The van der Waals surface area contributed by atoms with Crippen molar-refractivity contribution in [3.05, 3.63) is 30.0 Å². The molecule has 2 aromatic heterocycles. The Labute approximate surface area is 135 Å². The Morgan fingerprint density at radius 1 is 1.04 bits per heavy atom. The third kappa shape index (κ3) is 2.44. The molecule has 1 saturated heterocycles. The lowest BCUT2D eigenvalue weighted by Crippen LogP contribution is -2.45. The number of nitrogens with zero attached hydrogens (tertiary/aromatic N) is 6. The number of hydrogen-bond donors (Lipinski definition) is 0. The maximum Gasteiger partial charge on any atom is 0.416 e. The van der Waals surface area contributed by atoms with Gasteiger partial charge in [-0.05, 0) is 25.2 Å². The summed E-state index contributed by atoms with van der Waals surface area (Å²) in [6, 6.07) is 3.53. The first-order chi connectivity index (χ1) is 11.4. The van der Waals surface area contributed by atoms with Crippen LogP contribution in [0.25, 0.3) is 16.7 Å². The Bertz CT molecular complexity index is 895. The molecule has 0 radical (unpaired) electrons. The molecule has 3 aromatic rings. The van der Waals surface area contributed by atoms with Crippen LogP contribution in [0.3, 0.4) is 0 Å². The molecule has 0 saturated carbocycles. The highest BCUT2D eigenvalue weighted by Crippen LogP contribution is 2.32. The molecule has 1 aliphatic rings. The van der Waals surface area contributed by atoms with Crippen molar-refractivity contribution in [2.45, 2.75) is 6.18 Å². The van der Waals surface area contributed by atoms with Gasteiger partial charge in [0.1, 0.15) is 0 Å². The van der Waals surface area contributed by atoms with E-state index in [0.29, 0.717) is 22.6 Å². The van der Waals surface area contributed by atoms with Crippen LogP contribution in [0.2, 0.25) is 0 Å². The van der Waals surface area contributed by atoms with E-state index in [1.807, 2.05) is 11.9 Å². The monoisotopic (exact) mass is 336 g/mol. The predicted octanol–water partition coefficient (Wildman–Crippen LogP) is 2.05. The van der Waals surface area contributed by atoms with Gasteiger partial charge in [-0.3, -0.25) is 9.38 Å². The summed E-state index contributed by atoms with van der Waals surface area (Å²) >= 11 is 0. The van der Waals surface area contributed by atoms with Crippen molar-refractivity contribution in [3.63, 3.8) is 0 Å². The molecule has 0 bridgehead atoms. The second-order valence-electron chi connectivity index (χ2n) is 5.94. The Hall–Kier alpha value is -2.42. The van der Waals surface area contributed by atoms with Crippen LogP contribution in [0.15, 0.2) is 24.4 Å². The van der Waals surface area contributed by atoms with E-state index >= 15 is 0 Å². The Kier molecular flexibility index (Phi) is 3.34. The molecule has 0 amide bonds. The standard InChI is InChI=1S/C15H15F3N6/c1-22-4-6-23(7-5-22)14-21-20-13-9-19-11-3-2-10(15(16,17)18)8-12(11)24(13)14/h2-3,8-9H,4-7H2,1H3. The van der Waals surface area contributed by atoms with Crippen molar-refractivity contribution in [2.24, 2.45) is 0 Å². The zero-order chi connectivity index (χ0) is 16.9. The van der Waals surface area contributed by atoms with Crippen LogP contribution in [0.5, 0.6) is 0 Å². The number of hydrogen-bond acceptors (Lipinski definition) is 5. The maximum atomic E-state index is 13.1. The number of halogens is 3. The highest BCUT2D eigenvalue weighted by atomic mass is 19.4. The Balaban J connectivity index is 1.90. The van der Waals surface area contributed by atoms with Crippen LogP contribution in [0.4, 0.5) is 19.1 Å². The molecule has 0 aliphatic carbocycles. The molecule has 0 spiro atoms. The second-order valence-corrected chi connectivity index (χ2v) is 5.94. The fraction of sp³-hybridized carbons (Fsp3) is 0.400. The first kappa shape index (κ1) is 15.1. The SMILES string of the molecule is CN1CCN(c2nnc3cnc4ccc(C(F)(F)F)cc4n23)CC1. The summed E-state index contributed by atoms with van der Waals surface area (Å²) in [4.78, 5) is 8.42. The van der Waals surface area contributed by atoms with E-state index in [9.17, 15) is 13.2 Å². The fourth-order valence-electron chi connectivity index (χ4n) is 2.93. The van der Waals surface area contributed by atoms with Gasteiger partial charge in [0.25, 0.3) is 0 Å². The van der Waals surface area contributed by atoms with Gasteiger partial charge in [0.2, 0.25) is 5.95 Å². The summed E-state index contributed by atoms with van der Waals surface area (Å²) in [5.41, 5.74) is 0.574. The maximum absolute atomic E-state index is 13.1. The third-order valence-corrected chi connectivity index (χ3v) is 4.32.